The predicted molar refractivity (Wildman–Crippen MR) is 68.3 cm³/mol. The quantitative estimate of drug-likeness (QED) is 0.809. The normalized spacial score (nSPS) is 25.1. The van der Waals surface area contributed by atoms with Gasteiger partial charge in [-0.1, -0.05) is 18.2 Å². The highest BCUT2D eigenvalue weighted by Gasteiger charge is 2.48. The Balaban J connectivity index is 2.33. The molecule has 2 unspecified atom stereocenters. The minimum absolute atomic E-state index is 0.0381. The van der Waals surface area contributed by atoms with Crippen LogP contribution in [0.25, 0.3) is 0 Å². The van der Waals surface area contributed by atoms with Crippen molar-refractivity contribution in [3.8, 4) is 0 Å². The van der Waals surface area contributed by atoms with E-state index in [1.807, 2.05) is 51.1 Å². The van der Waals surface area contributed by atoms with Crippen molar-refractivity contribution in [2.75, 3.05) is 5.01 Å². The summed E-state index contributed by atoms with van der Waals surface area (Å²) >= 11 is 0. The zero-order valence-electron chi connectivity index (χ0n) is 10.5. The third-order valence-electron chi connectivity index (χ3n) is 3.20. The summed E-state index contributed by atoms with van der Waals surface area (Å²) in [6.07, 6.45) is 0. The second-order valence-corrected chi connectivity index (χ2v) is 5.18. The number of hydrogen-bond acceptors (Lipinski definition) is 3. The third kappa shape index (κ3) is 2.06. The number of para-hydroxylation sites is 1. The van der Waals surface area contributed by atoms with Gasteiger partial charge in [0.1, 0.15) is 0 Å². The number of hydrazine groups is 1. The molecule has 0 aromatic heterocycles. The molecule has 1 fully saturated rings. The van der Waals surface area contributed by atoms with Crippen LogP contribution in [0.1, 0.15) is 20.8 Å². The molecule has 0 spiro atoms. The molecule has 3 N–H and O–H groups in total. The second kappa shape index (κ2) is 4.13. The van der Waals surface area contributed by atoms with E-state index in [9.17, 15) is 4.79 Å². The van der Waals surface area contributed by atoms with Crippen LogP contribution in [0, 0.1) is 5.92 Å². The van der Waals surface area contributed by atoms with Crippen molar-refractivity contribution in [1.29, 1.82) is 0 Å². The number of anilines is 1. The van der Waals surface area contributed by atoms with E-state index >= 15 is 0 Å². The van der Waals surface area contributed by atoms with Gasteiger partial charge in [0.15, 0.2) is 0 Å². The van der Waals surface area contributed by atoms with E-state index in [-0.39, 0.29) is 23.4 Å². The first-order valence-corrected chi connectivity index (χ1v) is 5.86. The van der Waals surface area contributed by atoms with Crippen LogP contribution in [0.3, 0.4) is 0 Å². The molecule has 17 heavy (non-hydrogen) atoms. The molecule has 92 valence electrons. The summed E-state index contributed by atoms with van der Waals surface area (Å²) < 4.78 is 0. The fourth-order valence-corrected chi connectivity index (χ4v) is 2.51. The van der Waals surface area contributed by atoms with Gasteiger partial charge in [0.05, 0.1) is 11.6 Å². The molecule has 4 heteroatoms. The van der Waals surface area contributed by atoms with Gasteiger partial charge in [-0.3, -0.25) is 4.79 Å². The van der Waals surface area contributed by atoms with Crippen molar-refractivity contribution in [1.82, 2.24) is 5.43 Å². The van der Waals surface area contributed by atoms with E-state index in [1.54, 1.807) is 5.01 Å². The van der Waals surface area contributed by atoms with Gasteiger partial charge in [0, 0.05) is 11.6 Å². The van der Waals surface area contributed by atoms with Crippen LogP contribution in [-0.2, 0) is 4.79 Å². The fourth-order valence-electron chi connectivity index (χ4n) is 2.51. The SMILES string of the molecule is CC(N)C1C(=O)N(c2ccccc2)NC1(C)C. The number of nitrogens with one attached hydrogen (secondary N) is 1. The van der Waals surface area contributed by atoms with Gasteiger partial charge < -0.3 is 5.73 Å². The number of nitrogens with two attached hydrogens (primary N) is 1. The minimum atomic E-state index is -0.318. The monoisotopic (exact) mass is 233 g/mol. The highest BCUT2D eigenvalue weighted by molar-refractivity contribution is 5.97. The van der Waals surface area contributed by atoms with E-state index in [1.165, 1.54) is 0 Å². The van der Waals surface area contributed by atoms with Crippen molar-refractivity contribution in [2.24, 2.45) is 11.7 Å². The first-order valence-electron chi connectivity index (χ1n) is 5.86. The number of carbonyl (C=O) groups excluding carboxylic acids is 1. The molecule has 1 saturated heterocycles. The first-order chi connectivity index (χ1) is 7.93. The maximum absolute atomic E-state index is 12.3. The van der Waals surface area contributed by atoms with Gasteiger partial charge in [0.2, 0.25) is 5.91 Å². The number of hydrogen-bond donors (Lipinski definition) is 2. The molecule has 0 aliphatic carbocycles. The lowest BCUT2D eigenvalue weighted by atomic mass is 9.84. The Bertz CT molecular complexity index is 414. The number of amides is 1. The Morgan fingerprint density at radius 2 is 1.94 bits per heavy atom. The molecule has 1 aliphatic rings. The molecule has 4 nitrogen and oxygen atoms in total. The molecule has 0 radical (unpaired) electrons. The molecule has 1 aliphatic heterocycles. The van der Waals surface area contributed by atoms with E-state index < -0.39 is 0 Å². The summed E-state index contributed by atoms with van der Waals surface area (Å²) in [6, 6.07) is 9.40. The Labute approximate surface area is 102 Å². The molecular formula is C13H19N3O. The Hall–Kier alpha value is -1.39. The lowest BCUT2D eigenvalue weighted by molar-refractivity contribution is -0.121. The third-order valence-corrected chi connectivity index (χ3v) is 3.20. The van der Waals surface area contributed by atoms with Gasteiger partial charge in [-0.05, 0) is 32.9 Å². The number of rotatable bonds is 2. The molecule has 1 amide bonds. The molecule has 1 heterocycles. The summed E-state index contributed by atoms with van der Waals surface area (Å²) in [5, 5.41) is 1.61. The topological polar surface area (TPSA) is 58.4 Å². The molecule has 0 bridgehead atoms. The van der Waals surface area contributed by atoms with Crippen LogP contribution in [-0.4, -0.2) is 17.5 Å². The summed E-state index contributed by atoms with van der Waals surface area (Å²) in [4.78, 5) is 12.3. The van der Waals surface area contributed by atoms with Crippen molar-refractivity contribution in [2.45, 2.75) is 32.4 Å². The van der Waals surface area contributed by atoms with Crippen LogP contribution in [0.2, 0.25) is 0 Å². The van der Waals surface area contributed by atoms with Crippen LogP contribution >= 0.6 is 0 Å². The van der Waals surface area contributed by atoms with Crippen LogP contribution in [0.5, 0.6) is 0 Å². The Morgan fingerprint density at radius 1 is 1.35 bits per heavy atom. The summed E-state index contributed by atoms with van der Waals surface area (Å²) in [6.45, 7) is 5.88. The number of carbonyl (C=O) groups is 1. The van der Waals surface area contributed by atoms with E-state index in [4.69, 9.17) is 5.73 Å². The summed E-state index contributed by atoms with van der Waals surface area (Å²) in [5.74, 6) is -0.168. The molecular weight excluding hydrogens is 214 g/mol. The van der Waals surface area contributed by atoms with Gasteiger partial charge >= 0.3 is 0 Å². The van der Waals surface area contributed by atoms with E-state index in [0.29, 0.717) is 0 Å². The zero-order chi connectivity index (χ0) is 12.6. The molecule has 1 aromatic rings. The van der Waals surface area contributed by atoms with E-state index in [0.717, 1.165) is 5.69 Å². The van der Waals surface area contributed by atoms with Crippen LogP contribution in [0.15, 0.2) is 30.3 Å². The van der Waals surface area contributed by atoms with Crippen molar-refractivity contribution in [3.63, 3.8) is 0 Å². The lowest BCUT2D eigenvalue weighted by Crippen LogP contribution is -2.47. The Kier molecular flexibility index (Phi) is 2.93. The minimum Gasteiger partial charge on any atom is -0.327 e. The lowest BCUT2D eigenvalue weighted by Gasteiger charge is -2.26. The fraction of sp³-hybridized carbons (Fsp3) is 0.462. The number of benzene rings is 1. The average Bonchev–Trinajstić information content (AvgIpc) is 2.50. The molecule has 0 saturated carbocycles. The predicted octanol–water partition coefficient (Wildman–Crippen LogP) is 1.28. The van der Waals surface area contributed by atoms with E-state index in [2.05, 4.69) is 5.43 Å². The van der Waals surface area contributed by atoms with Crippen molar-refractivity contribution < 1.29 is 4.79 Å². The highest BCUT2D eigenvalue weighted by Crippen LogP contribution is 2.31. The first kappa shape index (κ1) is 12.1. The van der Waals surface area contributed by atoms with Gasteiger partial charge in [-0.15, -0.1) is 0 Å². The maximum atomic E-state index is 12.3. The average molecular weight is 233 g/mol. The zero-order valence-corrected chi connectivity index (χ0v) is 10.5. The van der Waals surface area contributed by atoms with Gasteiger partial charge in [-0.2, -0.15) is 0 Å². The van der Waals surface area contributed by atoms with Gasteiger partial charge in [0.25, 0.3) is 0 Å². The smallest absolute Gasteiger partial charge is 0.247 e. The molecule has 1 aromatic carbocycles. The van der Waals surface area contributed by atoms with Crippen molar-refractivity contribution >= 4 is 11.6 Å². The number of nitrogens with zero attached hydrogens (tertiary/aromatic N) is 1. The van der Waals surface area contributed by atoms with Crippen LogP contribution in [0.4, 0.5) is 5.69 Å². The Morgan fingerprint density at radius 3 is 2.41 bits per heavy atom. The van der Waals surface area contributed by atoms with Crippen molar-refractivity contribution in [3.05, 3.63) is 30.3 Å². The molecule has 2 atom stereocenters. The highest BCUT2D eigenvalue weighted by atomic mass is 16.2. The standard InChI is InChI=1S/C13H19N3O/c1-9(14)11-12(17)16(15-13(11,2)3)10-7-5-4-6-8-10/h4-9,11,15H,14H2,1-3H3. The second-order valence-electron chi connectivity index (χ2n) is 5.18. The largest absolute Gasteiger partial charge is 0.327 e. The molecule has 2 rings (SSSR count). The van der Waals surface area contributed by atoms with Gasteiger partial charge in [-0.25, -0.2) is 10.4 Å². The summed E-state index contributed by atoms with van der Waals surface area (Å²) in [5.41, 5.74) is 9.68. The van der Waals surface area contributed by atoms with Crippen LogP contribution < -0.4 is 16.2 Å². The summed E-state index contributed by atoms with van der Waals surface area (Å²) in [7, 11) is 0. The maximum Gasteiger partial charge on any atom is 0.247 e.